The summed E-state index contributed by atoms with van der Waals surface area (Å²) in [4.78, 5) is 42.6. The van der Waals surface area contributed by atoms with Crippen molar-refractivity contribution in [3.05, 3.63) is 95.1 Å². The number of hydrogen-bond donors (Lipinski definition) is 4. The van der Waals surface area contributed by atoms with Gasteiger partial charge in [0.2, 0.25) is 0 Å². The zero-order valence-corrected chi connectivity index (χ0v) is 27.3. The van der Waals surface area contributed by atoms with Crippen molar-refractivity contribution < 1.29 is 39.6 Å². The molecule has 0 saturated heterocycles. The minimum absolute atomic E-state index is 0.00421. The lowest BCUT2D eigenvalue weighted by atomic mass is 9.91. The van der Waals surface area contributed by atoms with Crippen LogP contribution >= 0.6 is 0 Å². The molecule has 4 N–H and O–H groups in total. The van der Waals surface area contributed by atoms with Crippen LogP contribution in [0.1, 0.15) is 103 Å². The van der Waals surface area contributed by atoms with Gasteiger partial charge in [-0.1, -0.05) is 140 Å². The summed E-state index contributed by atoms with van der Waals surface area (Å²) in [5.74, 6) is -4.11. The lowest BCUT2D eigenvalue weighted by Gasteiger charge is -2.14. The monoisotopic (exact) mass is 624 g/mol. The van der Waals surface area contributed by atoms with E-state index in [1.54, 1.807) is 0 Å². The molecule has 0 bridgehead atoms. The van der Waals surface area contributed by atoms with Crippen molar-refractivity contribution in [2.45, 2.75) is 98.3 Å². The molecule has 45 heavy (non-hydrogen) atoms. The van der Waals surface area contributed by atoms with Crippen LogP contribution in [0.25, 0.3) is 0 Å². The number of benzene rings is 2. The van der Waals surface area contributed by atoms with E-state index in [1.165, 1.54) is 11.1 Å². The van der Waals surface area contributed by atoms with Crippen molar-refractivity contribution in [1.82, 2.24) is 0 Å². The summed E-state index contributed by atoms with van der Waals surface area (Å²) < 4.78 is 0. The number of carboxylic acids is 4. The Labute approximate surface area is 268 Å². The van der Waals surface area contributed by atoms with Crippen LogP contribution in [0.5, 0.6) is 0 Å². The van der Waals surface area contributed by atoms with Crippen LogP contribution in [0.15, 0.2) is 84.0 Å². The van der Waals surface area contributed by atoms with Crippen molar-refractivity contribution in [3.63, 3.8) is 0 Å². The summed E-state index contributed by atoms with van der Waals surface area (Å²) in [5.41, 5.74) is 2.73. The van der Waals surface area contributed by atoms with E-state index < -0.39 is 23.9 Å². The van der Waals surface area contributed by atoms with E-state index in [4.69, 9.17) is 20.4 Å². The summed E-state index contributed by atoms with van der Waals surface area (Å²) in [7, 11) is 0. The molecule has 0 fully saturated rings. The third-order valence-electron chi connectivity index (χ3n) is 7.34. The lowest BCUT2D eigenvalue weighted by Crippen LogP contribution is -2.09. The van der Waals surface area contributed by atoms with Crippen molar-refractivity contribution >= 4 is 23.9 Å². The third kappa shape index (κ3) is 21.2. The van der Waals surface area contributed by atoms with Crippen LogP contribution < -0.4 is 0 Å². The second-order valence-electron chi connectivity index (χ2n) is 11.0. The van der Waals surface area contributed by atoms with Gasteiger partial charge in [-0.15, -0.1) is 0 Å². The Kier molecular flexibility index (Phi) is 22.8. The maximum absolute atomic E-state index is 10.8. The van der Waals surface area contributed by atoms with Crippen LogP contribution in [0.4, 0.5) is 0 Å². The number of rotatable bonds is 18. The lowest BCUT2D eigenvalue weighted by molar-refractivity contribution is -0.135. The van der Waals surface area contributed by atoms with Gasteiger partial charge in [0.1, 0.15) is 0 Å². The highest BCUT2D eigenvalue weighted by Gasteiger charge is 2.16. The number of unbranched alkanes of at least 4 members (excludes halogenated alkanes) is 2. The summed E-state index contributed by atoms with van der Waals surface area (Å²) in [6.45, 7) is 8.16. The Morgan fingerprint density at radius 2 is 0.911 bits per heavy atom. The molecule has 0 saturated carbocycles. The summed E-state index contributed by atoms with van der Waals surface area (Å²) >= 11 is 0. The van der Waals surface area contributed by atoms with E-state index in [-0.39, 0.29) is 23.0 Å². The second kappa shape index (κ2) is 25.2. The third-order valence-corrected chi connectivity index (χ3v) is 7.34. The topological polar surface area (TPSA) is 149 Å². The first kappa shape index (κ1) is 40.8. The fraction of sp³-hybridized carbons (Fsp3) is 0.459. The number of hydrogen-bond acceptors (Lipinski definition) is 4. The molecule has 2 unspecified atom stereocenters. The first-order valence-electron chi connectivity index (χ1n) is 15.9. The first-order valence-corrected chi connectivity index (χ1v) is 15.9. The molecule has 8 nitrogen and oxygen atoms in total. The minimum atomic E-state index is -1.19. The molecule has 0 aromatic heterocycles. The molecule has 0 amide bonds. The molecule has 248 valence electrons. The molecule has 8 heteroatoms. The normalized spacial score (nSPS) is 12.4. The Balaban J connectivity index is 0.000000648. The molecular weight excluding hydrogens is 572 g/mol. The molecule has 2 aromatic rings. The van der Waals surface area contributed by atoms with Gasteiger partial charge in [-0.2, -0.15) is 0 Å². The van der Waals surface area contributed by atoms with Crippen LogP contribution in [0, 0.1) is 11.8 Å². The molecule has 2 atom stereocenters. The Hall–Kier alpha value is -4.20. The molecule has 2 aromatic carbocycles. The number of carboxylic acid groups (broad SMARTS) is 4. The largest absolute Gasteiger partial charge is 0.478 e. The molecule has 2 rings (SSSR count). The highest BCUT2D eigenvalue weighted by molar-refractivity contribution is 5.95. The van der Waals surface area contributed by atoms with Gasteiger partial charge >= 0.3 is 23.9 Å². The average Bonchev–Trinajstić information content (AvgIpc) is 3.01. The van der Waals surface area contributed by atoms with E-state index >= 15 is 0 Å². The molecule has 0 aliphatic rings. The van der Waals surface area contributed by atoms with Gasteiger partial charge in [-0.3, -0.25) is 0 Å². The van der Waals surface area contributed by atoms with Crippen molar-refractivity contribution in [2.75, 3.05) is 0 Å². The molecular formula is C37H52O8. The summed E-state index contributed by atoms with van der Waals surface area (Å²) in [6.07, 6.45) is 11.2. The Morgan fingerprint density at radius 1 is 0.578 bits per heavy atom. The van der Waals surface area contributed by atoms with Gasteiger partial charge in [0.15, 0.2) is 0 Å². The molecule has 0 heterocycles. The highest BCUT2D eigenvalue weighted by atomic mass is 16.4. The van der Waals surface area contributed by atoms with Gasteiger partial charge in [0.05, 0.1) is 0 Å². The minimum Gasteiger partial charge on any atom is -0.478 e. The van der Waals surface area contributed by atoms with E-state index in [2.05, 4.69) is 74.5 Å². The maximum atomic E-state index is 10.8. The second-order valence-corrected chi connectivity index (χ2v) is 11.0. The highest BCUT2D eigenvalue weighted by Crippen LogP contribution is 2.22. The zero-order chi connectivity index (χ0) is 34.0. The average molecular weight is 625 g/mol. The quantitative estimate of drug-likeness (QED) is 0.120. The van der Waals surface area contributed by atoms with Crippen LogP contribution in [0.2, 0.25) is 0 Å². The van der Waals surface area contributed by atoms with Gasteiger partial charge in [0.25, 0.3) is 0 Å². The Bertz CT molecular complexity index is 1090. The van der Waals surface area contributed by atoms with Gasteiger partial charge in [-0.05, 0) is 42.2 Å². The van der Waals surface area contributed by atoms with Crippen LogP contribution in [-0.2, 0) is 25.6 Å². The predicted octanol–water partition coefficient (Wildman–Crippen LogP) is 8.65. The molecule has 0 aliphatic heterocycles. The Morgan fingerprint density at radius 3 is 1.16 bits per heavy atom. The van der Waals surface area contributed by atoms with E-state index in [0.29, 0.717) is 12.8 Å². The molecule has 0 aliphatic carbocycles. The summed E-state index contributed by atoms with van der Waals surface area (Å²) in [5, 5.41) is 34.8. The fourth-order valence-corrected chi connectivity index (χ4v) is 4.65. The smallest absolute Gasteiger partial charge is 0.331 e. The predicted molar refractivity (Wildman–Crippen MR) is 178 cm³/mol. The maximum Gasteiger partial charge on any atom is 0.331 e. The van der Waals surface area contributed by atoms with Crippen molar-refractivity contribution in [3.8, 4) is 0 Å². The van der Waals surface area contributed by atoms with Crippen molar-refractivity contribution in [1.29, 1.82) is 0 Å². The molecule has 0 spiro atoms. The first-order chi connectivity index (χ1) is 21.5. The molecule has 0 radical (unpaired) electrons. The van der Waals surface area contributed by atoms with E-state index in [0.717, 1.165) is 69.9 Å². The zero-order valence-electron chi connectivity index (χ0n) is 27.3. The standard InChI is InChI=1S/C13H12.2C12H20O4/c1-3-7-12(8-4-1)11-13-9-5-2-6-10-13;2*1-3-5-6-9(4-2)7-10(12(15)16)8-11(13)14/h1-10H,11H2;2*8-9H,3-7H2,1-2H3,(H,13,14)(H,15,16)/b;2*10-8-. The summed E-state index contributed by atoms with van der Waals surface area (Å²) in [6, 6.07) is 21.1. The van der Waals surface area contributed by atoms with Crippen LogP contribution in [0.3, 0.4) is 0 Å². The van der Waals surface area contributed by atoms with Gasteiger partial charge in [-0.25, -0.2) is 19.2 Å². The fourth-order valence-electron chi connectivity index (χ4n) is 4.65. The van der Waals surface area contributed by atoms with Gasteiger partial charge in [0, 0.05) is 23.3 Å². The van der Waals surface area contributed by atoms with E-state index in [9.17, 15) is 19.2 Å². The number of carbonyl (C=O) groups is 4. The van der Waals surface area contributed by atoms with Crippen molar-refractivity contribution in [2.24, 2.45) is 11.8 Å². The van der Waals surface area contributed by atoms with Crippen LogP contribution in [-0.4, -0.2) is 44.3 Å². The SMILES string of the molecule is CCCCC(CC)C/C(=C/C(=O)O)C(=O)O.CCCCC(CC)C/C(=C/C(=O)O)C(=O)O.c1ccc(Cc2ccccc2)cc1. The van der Waals surface area contributed by atoms with Gasteiger partial charge < -0.3 is 20.4 Å². The van der Waals surface area contributed by atoms with E-state index in [1.807, 2.05) is 13.8 Å². The number of aliphatic carboxylic acids is 4.